The summed E-state index contributed by atoms with van der Waals surface area (Å²) >= 11 is 0. The van der Waals surface area contributed by atoms with E-state index in [2.05, 4.69) is 60.0 Å². The van der Waals surface area contributed by atoms with E-state index in [1.54, 1.807) is 5.57 Å². The van der Waals surface area contributed by atoms with E-state index in [9.17, 15) is 9.90 Å². The first kappa shape index (κ1) is 32.4. The van der Waals surface area contributed by atoms with Crippen molar-refractivity contribution in [2.75, 3.05) is 47.6 Å². The van der Waals surface area contributed by atoms with Gasteiger partial charge in [-0.3, -0.25) is 15.2 Å². The fraction of sp³-hybridized carbons (Fsp3) is 0.914. The van der Waals surface area contributed by atoms with Gasteiger partial charge in [-0.05, 0) is 78.4 Å². The lowest BCUT2D eigenvalue weighted by atomic mass is 9.34. The van der Waals surface area contributed by atoms with Gasteiger partial charge in [0.1, 0.15) is 0 Å². The number of hydrazine groups is 1. The molecule has 5 rings (SSSR count). The van der Waals surface area contributed by atoms with Gasteiger partial charge in [0, 0.05) is 38.6 Å². The molecule has 4 aliphatic carbocycles. The lowest BCUT2D eigenvalue weighted by Gasteiger charge is -2.71. The predicted molar refractivity (Wildman–Crippen MR) is 166 cm³/mol. The summed E-state index contributed by atoms with van der Waals surface area (Å²) in [6.45, 7) is 19.1. The van der Waals surface area contributed by atoms with Crippen LogP contribution in [0.4, 0.5) is 0 Å². The Labute approximate surface area is 255 Å². The molecule has 11 atom stereocenters. The average molecular weight is 589 g/mol. The minimum absolute atomic E-state index is 0.00331. The van der Waals surface area contributed by atoms with E-state index in [0.717, 1.165) is 51.7 Å². The quantitative estimate of drug-likeness (QED) is 0.193. The topological polar surface area (TPSA) is 80.3 Å². The highest BCUT2D eigenvalue weighted by atomic mass is 16.5. The van der Waals surface area contributed by atoms with Gasteiger partial charge in [0.15, 0.2) is 0 Å². The van der Waals surface area contributed by atoms with Crippen LogP contribution in [0.1, 0.15) is 87.0 Å². The number of ether oxygens (including phenoxy) is 3. The lowest BCUT2D eigenvalue weighted by molar-refractivity contribution is -0.267. The van der Waals surface area contributed by atoms with Gasteiger partial charge in [-0.2, -0.15) is 0 Å². The maximum atomic E-state index is 13.3. The molecule has 42 heavy (non-hydrogen) atoms. The van der Waals surface area contributed by atoms with Gasteiger partial charge in [0.2, 0.25) is 0 Å². The molecular formula is C35H60N2O5. The number of rotatable bonds is 9. The van der Waals surface area contributed by atoms with Crippen LogP contribution in [0.3, 0.4) is 0 Å². The zero-order valence-corrected chi connectivity index (χ0v) is 28.2. The third kappa shape index (κ3) is 4.49. The second-order valence-corrected chi connectivity index (χ2v) is 16.4. The van der Waals surface area contributed by atoms with Gasteiger partial charge in [0.05, 0.1) is 37.9 Å². The van der Waals surface area contributed by atoms with Crippen LogP contribution in [-0.4, -0.2) is 75.9 Å². The highest BCUT2D eigenvalue weighted by molar-refractivity contribution is 5.73. The van der Waals surface area contributed by atoms with Crippen molar-refractivity contribution in [3.63, 3.8) is 0 Å². The molecule has 7 heteroatoms. The summed E-state index contributed by atoms with van der Waals surface area (Å²) in [5, 5.41) is 12.9. The highest BCUT2D eigenvalue weighted by Gasteiger charge is 2.71. The number of allylic oxidation sites excluding steroid dienone is 1. The van der Waals surface area contributed by atoms with E-state index >= 15 is 0 Å². The number of nitrogens with zero attached hydrogens (tertiary/aromatic N) is 1. The Morgan fingerprint density at radius 3 is 2.45 bits per heavy atom. The number of nitrogens with one attached hydrogen (secondary N) is 1. The van der Waals surface area contributed by atoms with Crippen LogP contribution in [0.5, 0.6) is 0 Å². The first-order valence-corrected chi connectivity index (χ1v) is 16.7. The number of carbonyl (C=O) groups is 1. The summed E-state index contributed by atoms with van der Waals surface area (Å²) in [6.07, 6.45) is 8.55. The molecule has 0 unspecified atom stereocenters. The van der Waals surface area contributed by atoms with E-state index in [-0.39, 0.29) is 45.2 Å². The van der Waals surface area contributed by atoms with E-state index in [4.69, 9.17) is 14.2 Å². The van der Waals surface area contributed by atoms with Crippen LogP contribution >= 0.6 is 0 Å². The summed E-state index contributed by atoms with van der Waals surface area (Å²) < 4.78 is 19.5. The predicted octanol–water partition coefficient (Wildman–Crippen LogP) is 6.04. The molecule has 2 N–H and O–H groups in total. The molecule has 0 aromatic rings. The lowest BCUT2D eigenvalue weighted by Crippen LogP contribution is -2.70. The Morgan fingerprint density at radius 2 is 1.83 bits per heavy atom. The van der Waals surface area contributed by atoms with Gasteiger partial charge in [-0.25, -0.2) is 0 Å². The normalized spacial score (nSPS) is 47.3. The van der Waals surface area contributed by atoms with Gasteiger partial charge in [-0.1, -0.05) is 60.1 Å². The van der Waals surface area contributed by atoms with Gasteiger partial charge in [-0.15, -0.1) is 0 Å². The number of hydrogen-bond acceptors (Lipinski definition) is 6. The Balaban J connectivity index is 1.52. The van der Waals surface area contributed by atoms with Crippen LogP contribution in [0.25, 0.3) is 0 Å². The fourth-order valence-corrected chi connectivity index (χ4v) is 11.5. The standard InChI is InChI=1S/C35H60N2O5/c1-22(2)23(3)31(4)15-16-33(6)24-11-12-27-32(5)20-41-21-35(27,25(24)13-14-34(33,7)28(31)30(38)39)19-26(40-10)29(32)42-18-17-36-37(8)9/h13,22-24,26-29,36H,11-12,14-21H2,1-10H3,(H,38,39)/t23-,24+,26-,27+,28-,29+,31-,32-,33-,34+,35+/m1/s1. The average Bonchev–Trinajstić information content (AvgIpc) is 2.91. The Hall–Kier alpha value is -0.990. The van der Waals surface area contributed by atoms with Crippen molar-refractivity contribution < 1.29 is 24.1 Å². The van der Waals surface area contributed by atoms with Gasteiger partial charge < -0.3 is 19.3 Å². The zero-order valence-electron chi connectivity index (χ0n) is 28.2. The van der Waals surface area contributed by atoms with Gasteiger partial charge in [0.25, 0.3) is 0 Å². The first-order chi connectivity index (χ1) is 19.6. The van der Waals surface area contributed by atoms with Crippen molar-refractivity contribution in [3.05, 3.63) is 11.6 Å². The third-order valence-electron chi connectivity index (χ3n) is 14.2. The SMILES string of the molecule is CO[C@@H]1C[C@@]23COC[C@](C)([C@@H]2CC[C@H]2C3=CC[C@@]3(C)[C@H](C(=O)O)[C@@](C)([C@H](C)C(C)C)CC[C@]23C)[C@H]1OCCNN(C)C. The molecule has 0 aromatic heterocycles. The molecule has 240 valence electrons. The van der Waals surface area contributed by atoms with E-state index in [1.165, 1.54) is 0 Å². The fourth-order valence-electron chi connectivity index (χ4n) is 11.5. The molecule has 1 saturated heterocycles. The summed E-state index contributed by atoms with van der Waals surface area (Å²) in [7, 11) is 5.85. The number of fused-ring (bicyclic) bond motifs is 3. The maximum absolute atomic E-state index is 13.3. The number of carboxylic acid groups (broad SMARTS) is 1. The molecule has 0 spiro atoms. The van der Waals surface area contributed by atoms with Gasteiger partial charge >= 0.3 is 5.97 Å². The van der Waals surface area contributed by atoms with Crippen LogP contribution in [0.2, 0.25) is 0 Å². The van der Waals surface area contributed by atoms with E-state index in [0.29, 0.717) is 36.9 Å². The molecule has 0 radical (unpaired) electrons. The Bertz CT molecular complexity index is 1060. The number of hydrogen-bond donors (Lipinski definition) is 2. The molecule has 5 aliphatic rings. The van der Waals surface area contributed by atoms with E-state index < -0.39 is 5.97 Å². The molecule has 7 nitrogen and oxygen atoms in total. The zero-order chi connectivity index (χ0) is 30.9. The Kier molecular flexibility index (Phi) is 8.58. The van der Waals surface area contributed by atoms with Crippen molar-refractivity contribution >= 4 is 5.97 Å². The second-order valence-electron chi connectivity index (χ2n) is 16.4. The maximum Gasteiger partial charge on any atom is 0.307 e. The molecular weight excluding hydrogens is 528 g/mol. The Morgan fingerprint density at radius 1 is 1.12 bits per heavy atom. The van der Waals surface area contributed by atoms with Crippen molar-refractivity contribution in [1.29, 1.82) is 0 Å². The smallest absolute Gasteiger partial charge is 0.307 e. The summed E-state index contributed by atoms with van der Waals surface area (Å²) in [6, 6.07) is 0. The highest BCUT2D eigenvalue weighted by Crippen LogP contribution is 2.75. The van der Waals surface area contributed by atoms with Crippen LogP contribution in [0, 0.1) is 56.7 Å². The number of aliphatic carboxylic acids is 1. The summed E-state index contributed by atoms with van der Waals surface area (Å²) in [4.78, 5) is 13.3. The third-order valence-corrected chi connectivity index (χ3v) is 14.2. The second kappa shape index (κ2) is 11.1. The minimum atomic E-state index is -0.600. The molecule has 1 aliphatic heterocycles. The molecule has 3 saturated carbocycles. The summed E-state index contributed by atoms with van der Waals surface area (Å²) in [5.41, 5.74) is 4.08. The largest absolute Gasteiger partial charge is 0.481 e. The van der Waals surface area contributed by atoms with Crippen molar-refractivity contribution in [2.24, 2.45) is 56.7 Å². The molecule has 0 amide bonds. The van der Waals surface area contributed by atoms with Crippen molar-refractivity contribution in [2.45, 2.75) is 99.2 Å². The molecule has 0 aromatic carbocycles. The summed E-state index contributed by atoms with van der Waals surface area (Å²) in [5.74, 6) is 0.673. The van der Waals surface area contributed by atoms with Crippen molar-refractivity contribution in [3.8, 4) is 0 Å². The molecule has 1 heterocycles. The monoisotopic (exact) mass is 588 g/mol. The number of methoxy groups -OCH3 is 1. The number of carboxylic acids is 1. The molecule has 2 bridgehead atoms. The van der Waals surface area contributed by atoms with E-state index in [1.807, 2.05) is 26.2 Å². The van der Waals surface area contributed by atoms with Crippen LogP contribution < -0.4 is 5.43 Å². The van der Waals surface area contributed by atoms with Crippen LogP contribution in [-0.2, 0) is 19.0 Å². The minimum Gasteiger partial charge on any atom is -0.481 e. The molecule has 4 fully saturated rings. The first-order valence-electron chi connectivity index (χ1n) is 16.7. The van der Waals surface area contributed by atoms with Crippen molar-refractivity contribution in [1.82, 2.24) is 10.4 Å². The van der Waals surface area contributed by atoms with Crippen LogP contribution in [0.15, 0.2) is 11.6 Å².